The van der Waals surface area contributed by atoms with Crippen LogP contribution in [0.2, 0.25) is 0 Å². The number of thioether (sulfide) groups is 1. The van der Waals surface area contributed by atoms with Crippen LogP contribution in [0.15, 0.2) is 23.1 Å². The van der Waals surface area contributed by atoms with Gasteiger partial charge in [-0.3, -0.25) is 4.79 Å². The summed E-state index contributed by atoms with van der Waals surface area (Å²) in [5, 5.41) is 3.18. The molecule has 2 aliphatic rings. The van der Waals surface area contributed by atoms with E-state index >= 15 is 0 Å². The number of fused-ring (bicyclic) bond motifs is 1. The number of carbonyl (C=O) groups excluding carboxylic acids is 1. The van der Waals surface area contributed by atoms with E-state index in [1.807, 2.05) is 18.2 Å². The maximum atomic E-state index is 12.1. The van der Waals surface area contributed by atoms with Gasteiger partial charge < -0.3 is 14.8 Å². The summed E-state index contributed by atoms with van der Waals surface area (Å²) < 4.78 is 11.1. The standard InChI is InChI=1S/C17H23NO3S/c19-17(18-13-5-3-1-2-4-6-13)12-22-14-7-8-15-16(11-14)21-10-9-20-15/h7-8,11,13H,1-6,9-10,12H2,(H,18,19). The molecule has 0 radical (unpaired) electrons. The molecule has 1 aliphatic carbocycles. The maximum Gasteiger partial charge on any atom is 0.230 e. The Hall–Kier alpha value is -1.36. The highest BCUT2D eigenvalue weighted by Crippen LogP contribution is 2.34. The van der Waals surface area contributed by atoms with Crippen molar-refractivity contribution in [3.63, 3.8) is 0 Å². The minimum Gasteiger partial charge on any atom is -0.486 e. The van der Waals surface area contributed by atoms with Crippen LogP contribution in [0.1, 0.15) is 38.5 Å². The van der Waals surface area contributed by atoms with E-state index in [1.54, 1.807) is 11.8 Å². The molecule has 1 aromatic carbocycles. The van der Waals surface area contributed by atoms with Crippen LogP contribution in [-0.4, -0.2) is 30.9 Å². The van der Waals surface area contributed by atoms with Crippen LogP contribution in [0.25, 0.3) is 0 Å². The Morgan fingerprint density at radius 2 is 1.82 bits per heavy atom. The molecular formula is C17H23NO3S. The van der Waals surface area contributed by atoms with Gasteiger partial charge in [0.15, 0.2) is 11.5 Å². The molecule has 22 heavy (non-hydrogen) atoms. The van der Waals surface area contributed by atoms with E-state index in [-0.39, 0.29) is 5.91 Å². The van der Waals surface area contributed by atoms with Crippen molar-refractivity contribution in [3.8, 4) is 11.5 Å². The van der Waals surface area contributed by atoms with Gasteiger partial charge in [-0.1, -0.05) is 25.7 Å². The van der Waals surface area contributed by atoms with Gasteiger partial charge >= 0.3 is 0 Å². The first kappa shape index (κ1) is 15.5. The normalized spacial score (nSPS) is 18.5. The summed E-state index contributed by atoms with van der Waals surface area (Å²) in [5.41, 5.74) is 0. The largest absolute Gasteiger partial charge is 0.486 e. The summed E-state index contributed by atoms with van der Waals surface area (Å²) >= 11 is 1.55. The summed E-state index contributed by atoms with van der Waals surface area (Å²) in [7, 11) is 0. The van der Waals surface area contributed by atoms with E-state index in [4.69, 9.17) is 9.47 Å². The lowest BCUT2D eigenvalue weighted by Gasteiger charge is -2.19. The molecule has 1 fully saturated rings. The quantitative estimate of drug-likeness (QED) is 0.682. The molecule has 5 heteroatoms. The highest BCUT2D eigenvalue weighted by atomic mass is 32.2. The Kier molecular flexibility index (Phi) is 5.48. The van der Waals surface area contributed by atoms with Crippen LogP contribution in [0.3, 0.4) is 0 Å². The second-order valence-corrected chi connectivity index (χ2v) is 6.90. The van der Waals surface area contributed by atoms with Gasteiger partial charge in [-0.05, 0) is 31.0 Å². The monoisotopic (exact) mass is 321 g/mol. The van der Waals surface area contributed by atoms with Gasteiger partial charge in [0, 0.05) is 10.9 Å². The van der Waals surface area contributed by atoms with Crippen LogP contribution in [0.5, 0.6) is 11.5 Å². The fraction of sp³-hybridized carbons (Fsp3) is 0.588. The second kappa shape index (κ2) is 7.77. The predicted molar refractivity (Wildman–Crippen MR) is 87.8 cm³/mol. The molecule has 1 saturated carbocycles. The van der Waals surface area contributed by atoms with Gasteiger partial charge in [0.2, 0.25) is 5.91 Å². The molecule has 120 valence electrons. The van der Waals surface area contributed by atoms with Crippen LogP contribution in [0.4, 0.5) is 0 Å². The number of benzene rings is 1. The summed E-state index contributed by atoms with van der Waals surface area (Å²) in [6.45, 7) is 1.19. The third kappa shape index (κ3) is 4.32. The number of hydrogen-bond acceptors (Lipinski definition) is 4. The average molecular weight is 321 g/mol. The molecule has 1 amide bonds. The van der Waals surface area contributed by atoms with Gasteiger partial charge in [-0.25, -0.2) is 0 Å². The predicted octanol–water partition coefficient (Wildman–Crippen LogP) is 3.39. The van der Waals surface area contributed by atoms with Crippen molar-refractivity contribution < 1.29 is 14.3 Å². The van der Waals surface area contributed by atoms with Gasteiger partial charge in [0.25, 0.3) is 0 Å². The summed E-state index contributed by atoms with van der Waals surface area (Å²) in [6, 6.07) is 6.23. The first-order valence-corrected chi connectivity index (χ1v) is 9.11. The van der Waals surface area contributed by atoms with Crippen LogP contribution in [-0.2, 0) is 4.79 Å². The van der Waals surface area contributed by atoms with E-state index in [1.165, 1.54) is 25.7 Å². The van der Waals surface area contributed by atoms with Crippen molar-refractivity contribution in [2.75, 3.05) is 19.0 Å². The molecule has 0 saturated heterocycles. The fourth-order valence-electron chi connectivity index (χ4n) is 2.96. The molecule has 0 spiro atoms. The Labute approximate surface area is 135 Å². The third-order valence-electron chi connectivity index (χ3n) is 4.10. The SMILES string of the molecule is O=C(CSc1ccc2c(c1)OCCO2)NC1CCCCCC1. The Bertz CT molecular complexity index is 513. The minimum atomic E-state index is 0.131. The van der Waals surface area contributed by atoms with Crippen LogP contribution in [0, 0.1) is 0 Å². The highest BCUT2D eigenvalue weighted by molar-refractivity contribution is 8.00. The number of hydrogen-bond donors (Lipinski definition) is 1. The van der Waals surface area contributed by atoms with Crippen molar-refractivity contribution in [1.82, 2.24) is 5.32 Å². The highest BCUT2D eigenvalue weighted by Gasteiger charge is 2.16. The first-order chi connectivity index (χ1) is 10.8. The number of amides is 1. The van der Waals surface area contributed by atoms with Gasteiger partial charge in [-0.15, -0.1) is 11.8 Å². The van der Waals surface area contributed by atoms with Crippen molar-refractivity contribution in [2.45, 2.75) is 49.5 Å². The zero-order valence-corrected chi connectivity index (χ0v) is 13.6. The molecule has 1 aliphatic heterocycles. The van der Waals surface area contributed by atoms with E-state index in [0.29, 0.717) is 25.0 Å². The van der Waals surface area contributed by atoms with Crippen molar-refractivity contribution in [3.05, 3.63) is 18.2 Å². The zero-order chi connectivity index (χ0) is 15.2. The molecule has 0 aromatic heterocycles. The van der Waals surface area contributed by atoms with E-state index in [2.05, 4.69) is 5.32 Å². The molecule has 4 nitrogen and oxygen atoms in total. The molecule has 1 heterocycles. The summed E-state index contributed by atoms with van der Waals surface area (Å²) in [4.78, 5) is 13.1. The molecule has 1 N–H and O–H groups in total. The molecular weight excluding hydrogens is 298 g/mol. The molecule has 0 unspecified atom stereocenters. The van der Waals surface area contributed by atoms with Crippen LogP contribution < -0.4 is 14.8 Å². The van der Waals surface area contributed by atoms with Gasteiger partial charge in [-0.2, -0.15) is 0 Å². The maximum absolute atomic E-state index is 12.1. The Morgan fingerprint density at radius 1 is 1.09 bits per heavy atom. The molecule has 3 rings (SSSR count). The number of ether oxygens (including phenoxy) is 2. The molecule has 0 bridgehead atoms. The molecule has 1 aromatic rings. The molecule has 0 atom stereocenters. The van der Waals surface area contributed by atoms with Crippen molar-refractivity contribution in [1.29, 1.82) is 0 Å². The van der Waals surface area contributed by atoms with Crippen LogP contribution >= 0.6 is 11.8 Å². The third-order valence-corrected chi connectivity index (χ3v) is 5.10. The Balaban J connectivity index is 1.48. The van der Waals surface area contributed by atoms with Crippen molar-refractivity contribution in [2.24, 2.45) is 0 Å². The lowest BCUT2D eigenvalue weighted by molar-refractivity contribution is -0.119. The number of nitrogens with one attached hydrogen (secondary N) is 1. The van der Waals surface area contributed by atoms with E-state index in [9.17, 15) is 4.79 Å². The minimum absolute atomic E-state index is 0.131. The zero-order valence-electron chi connectivity index (χ0n) is 12.8. The lowest BCUT2D eigenvalue weighted by atomic mass is 10.1. The number of carbonyl (C=O) groups is 1. The fourth-order valence-corrected chi connectivity index (χ4v) is 3.69. The smallest absolute Gasteiger partial charge is 0.230 e. The first-order valence-electron chi connectivity index (χ1n) is 8.13. The topological polar surface area (TPSA) is 47.6 Å². The van der Waals surface area contributed by atoms with Gasteiger partial charge in [0.1, 0.15) is 13.2 Å². The second-order valence-electron chi connectivity index (χ2n) is 5.85. The van der Waals surface area contributed by atoms with Crippen molar-refractivity contribution >= 4 is 17.7 Å². The van der Waals surface area contributed by atoms with Gasteiger partial charge in [0.05, 0.1) is 5.75 Å². The lowest BCUT2D eigenvalue weighted by Crippen LogP contribution is -2.35. The van der Waals surface area contributed by atoms with E-state index < -0.39 is 0 Å². The average Bonchev–Trinajstić information content (AvgIpc) is 2.81. The summed E-state index contributed by atoms with van der Waals surface area (Å²) in [6.07, 6.45) is 7.33. The van der Waals surface area contributed by atoms with E-state index in [0.717, 1.165) is 29.2 Å². The Morgan fingerprint density at radius 3 is 2.59 bits per heavy atom. The summed E-state index contributed by atoms with van der Waals surface area (Å²) in [5.74, 6) is 2.15. The number of rotatable bonds is 4.